The molecule has 1 fully saturated rings. The Balaban J connectivity index is 1.78. The summed E-state index contributed by atoms with van der Waals surface area (Å²) < 4.78 is 10.4. The van der Waals surface area contributed by atoms with Crippen molar-refractivity contribution in [2.45, 2.75) is 25.1 Å². The maximum Gasteiger partial charge on any atom is 0.242 e. The number of hydrogen-bond donors (Lipinski definition) is 0. The Kier molecular flexibility index (Phi) is 5.55. The molecule has 3 rings (SSSR count). The van der Waals surface area contributed by atoms with Gasteiger partial charge in [0, 0.05) is 0 Å². The number of thioether (sulfide) groups is 1. The highest BCUT2D eigenvalue weighted by Gasteiger charge is 2.36. The van der Waals surface area contributed by atoms with E-state index in [1.54, 1.807) is 30.4 Å². The van der Waals surface area contributed by atoms with Gasteiger partial charge in [0.1, 0.15) is 11.5 Å². The van der Waals surface area contributed by atoms with Crippen molar-refractivity contribution in [1.29, 1.82) is 0 Å². The average Bonchev–Trinajstić information content (AvgIpc) is 3.25. The fourth-order valence-electron chi connectivity index (χ4n) is 2.40. The molecule has 130 valence electrons. The number of methoxy groups -OCH3 is 1. The predicted octanol–water partition coefficient (Wildman–Crippen LogP) is 3.53. The molecule has 1 aromatic carbocycles. The lowest BCUT2D eigenvalue weighted by Gasteiger charge is -2.16. The zero-order valence-electron chi connectivity index (χ0n) is 14.1. The van der Waals surface area contributed by atoms with Crippen LogP contribution in [0.15, 0.2) is 57.3 Å². The number of amidine groups is 1. The van der Waals surface area contributed by atoms with Crippen LogP contribution in [0.5, 0.6) is 5.75 Å². The molecule has 1 aromatic heterocycles. The van der Waals surface area contributed by atoms with Crippen LogP contribution in [-0.2, 0) is 11.3 Å². The normalized spacial score (nSPS) is 19.3. The van der Waals surface area contributed by atoms with Crippen molar-refractivity contribution < 1.29 is 13.9 Å². The molecule has 2 aromatic rings. The van der Waals surface area contributed by atoms with E-state index < -0.39 is 0 Å². The molecule has 1 aliphatic rings. The number of hydrogen-bond acceptors (Lipinski definition) is 6. The molecule has 0 N–H and O–H groups in total. The first-order valence-corrected chi connectivity index (χ1v) is 8.84. The molecule has 0 saturated carbocycles. The third-order valence-electron chi connectivity index (χ3n) is 3.76. The fraction of sp³-hybridized carbons (Fsp3) is 0.278. The van der Waals surface area contributed by atoms with Gasteiger partial charge in [-0.15, -0.1) is 5.10 Å². The number of carbonyl (C=O) groups excluding carboxylic acids is 1. The average molecular weight is 357 g/mol. The van der Waals surface area contributed by atoms with Crippen LogP contribution in [-0.4, -0.2) is 34.5 Å². The lowest BCUT2D eigenvalue weighted by atomic mass is 10.2. The van der Waals surface area contributed by atoms with Gasteiger partial charge < -0.3 is 9.15 Å². The first kappa shape index (κ1) is 17.3. The van der Waals surface area contributed by atoms with E-state index in [1.807, 2.05) is 31.2 Å². The van der Waals surface area contributed by atoms with E-state index in [0.717, 1.165) is 17.7 Å². The highest BCUT2D eigenvalue weighted by Crippen LogP contribution is 2.31. The molecule has 25 heavy (non-hydrogen) atoms. The number of amides is 1. The van der Waals surface area contributed by atoms with Crippen LogP contribution < -0.4 is 4.74 Å². The maximum absolute atomic E-state index is 12.6. The second-order valence-electron chi connectivity index (χ2n) is 5.43. The van der Waals surface area contributed by atoms with Crippen LogP contribution in [0.4, 0.5) is 0 Å². The van der Waals surface area contributed by atoms with E-state index >= 15 is 0 Å². The van der Waals surface area contributed by atoms with Crippen LogP contribution in [0.2, 0.25) is 0 Å². The van der Waals surface area contributed by atoms with E-state index in [0.29, 0.717) is 17.5 Å². The standard InChI is InChI=1S/C18H19N3O3S/c1-3-16-17(22)21(12-13-6-8-14(23-2)9-7-13)18(25-16)20-19-11-15-5-4-10-24-15/h4-11,16H,3,12H2,1-2H3/b19-11+,20-18+. The van der Waals surface area contributed by atoms with Crippen LogP contribution in [0.25, 0.3) is 0 Å². The summed E-state index contributed by atoms with van der Waals surface area (Å²) >= 11 is 1.45. The summed E-state index contributed by atoms with van der Waals surface area (Å²) in [6, 6.07) is 11.2. The van der Waals surface area contributed by atoms with Crippen LogP contribution >= 0.6 is 11.8 Å². The van der Waals surface area contributed by atoms with Crippen LogP contribution in [0.3, 0.4) is 0 Å². The molecule has 6 nitrogen and oxygen atoms in total. The third kappa shape index (κ3) is 4.11. The molecular weight excluding hydrogens is 338 g/mol. The summed E-state index contributed by atoms with van der Waals surface area (Å²) in [5.41, 5.74) is 1.01. The van der Waals surface area contributed by atoms with Crippen molar-refractivity contribution in [3.63, 3.8) is 0 Å². The molecule has 0 bridgehead atoms. The maximum atomic E-state index is 12.6. The van der Waals surface area contributed by atoms with Crippen molar-refractivity contribution in [2.75, 3.05) is 7.11 Å². The van der Waals surface area contributed by atoms with Gasteiger partial charge in [-0.05, 0) is 36.2 Å². The topological polar surface area (TPSA) is 67.4 Å². The minimum Gasteiger partial charge on any atom is -0.497 e. The highest BCUT2D eigenvalue weighted by atomic mass is 32.2. The second kappa shape index (κ2) is 8.02. The van der Waals surface area contributed by atoms with Gasteiger partial charge in [0.15, 0.2) is 5.17 Å². The first-order valence-electron chi connectivity index (χ1n) is 7.96. The number of nitrogens with zero attached hydrogens (tertiary/aromatic N) is 3. The SMILES string of the molecule is CCC1S/C(=N/N=C/c2ccco2)N(Cc2ccc(OC)cc2)C1=O. The zero-order valence-corrected chi connectivity index (χ0v) is 14.9. The van der Waals surface area contributed by atoms with Gasteiger partial charge in [0.05, 0.1) is 31.4 Å². The molecule has 1 saturated heterocycles. The Morgan fingerprint density at radius 1 is 1.32 bits per heavy atom. The molecule has 1 unspecified atom stereocenters. The van der Waals surface area contributed by atoms with E-state index in [1.165, 1.54) is 18.0 Å². The zero-order chi connectivity index (χ0) is 17.6. The first-order chi connectivity index (χ1) is 12.2. The Bertz CT molecular complexity index is 769. The number of rotatable bonds is 6. The second-order valence-corrected chi connectivity index (χ2v) is 6.60. The summed E-state index contributed by atoms with van der Waals surface area (Å²) in [6.07, 6.45) is 3.86. The molecule has 0 aliphatic carbocycles. The Morgan fingerprint density at radius 3 is 2.76 bits per heavy atom. The molecule has 1 aliphatic heterocycles. The third-order valence-corrected chi connectivity index (χ3v) is 5.09. The summed E-state index contributed by atoms with van der Waals surface area (Å²) in [6.45, 7) is 2.46. The van der Waals surface area contributed by atoms with Gasteiger partial charge >= 0.3 is 0 Å². The summed E-state index contributed by atoms with van der Waals surface area (Å²) in [5.74, 6) is 1.47. The van der Waals surface area contributed by atoms with E-state index in [-0.39, 0.29) is 11.2 Å². The lowest BCUT2D eigenvalue weighted by molar-refractivity contribution is -0.126. The number of benzene rings is 1. The van der Waals surface area contributed by atoms with Gasteiger partial charge in [-0.25, -0.2) is 0 Å². The van der Waals surface area contributed by atoms with Crippen molar-refractivity contribution in [3.05, 3.63) is 54.0 Å². The van der Waals surface area contributed by atoms with Gasteiger partial charge in [-0.1, -0.05) is 30.8 Å². The summed E-state index contributed by atoms with van der Waals surface area (Å²) in [5, 5.41) is 8.77. The van der Waals surface area contributed by atoms with E-state index in [9.17, 15) is 4.79 Å². The number of furan rings is 1. The summed E-state index contributed by atoms with van der Waals surface area (Å²) in [7, 11) is 1.63. The minimum absolute atomic E-state index is 0.0651. The van der Waals surface area contributed by atoms with Crippen molar-refractivity contribution in [2.24, 2.45) is 10.2 Å². The van der Waals surface area contributed by atoms with Crippen LogP contribution in [0.1, 0.15) is 24.7 Å². The molecular formula is C18H19N3O3S. The highest BCUT2D eigenvalue weighted by molar-refractivity contribution is 8.15. The van der Waals surface area contributed by atoms with Gasteiger partial charge in [-0.3, -0.25) is 9.69 Å². The van der Waals surface area contributed by atoms with E-state index in [4.69, 9.17) is 9.15 Å². The largest absolute Gasteiger partial charge is 0.497 e. The molecule has 1 atom stereocenters. The molecule has 7 heteroatoms. The molecule has 2 heterocycles. The number of carbonyl (C=O) groups is 1. The predicted molar refractivity (Wildman–Crippen MR) is 99.0 cm³/mol. The molecule has 1 amide bonds. The smallest absolute Gasteiger partial charge is 0.242 e. The Labute approximate surface area is 150 Å². The van der Waals surface area contributed by atoms with Crippen molar-refractivity contribution in [1.82, 2.24) is 4.90 Å². The molecule has 0 radical (unpaired) electrons. The van der Waals surface area contributed by atoms with Gasteiger partial charge in [0.2, 0.25) is 5.91 Å². The van der Waals surface area contributed by atoms with Crippen molar-refractivity contribution in [3.8, 4) is 5.75 Å². The van der Waals surface area contributed by atoms with Crippen molar-refractivity contribution >= 4 is 29.1 Å². The van der Waals surface area contributed by atoms with E-state index in [2.05, 4.69) is 10.2 Å². The summed E-state index contributed by atoms with van der Waals surface area (Å²) in [4.78, 5) is 14.3. The molecule has 0 spiro atoms. The Morgan fingerprint density at radius 2 is 2.12 bits per heavy atom. The van der Waals surface area contributed by atoms with Gasteiger partial charge in [-0.2, -0.15) is 5.10 Å². The lowest BCUT2D eigenvalue weighted by Crippen LogP contribution is -2.31. The number of ether oxygens (including phenoxy) is 1. The minimum atomic E-state index is -0.115. The monoisotopic (exact) mass is 357 g/mol. The Hall–Kier alpha value is -2.54. The van der Waals surface area contributed by atoms with Crippen LogP contribution in [0, 0.1) is 0 Å². The fourth-order valence-corrected chi connectivity index (χ4v) is 3.43. The van der Waals surface area contributed by atoms with Gasteiger partial charge in [0.25, 0.3) is 0 Å². The quantitative estimate of drug-likeness (QED) is 0.586.